The van der Waals surface area contributed by atoms with E-state index in [9.17, 15) is 5.11 Å². The van der Waals surface area contributed by atoms with Gasteiger partial charge in [0.25, 0.3) is 0 Å². The highest BCUT2D eigenvalue weighted by Gasteiger charge is 2.51. The molecule has 2 heteroatoms. The Hall–Kier alpha value is -0.520. The van der Waals surface area contributed by atoms with Gasteiger partial charge in [0.1, 0.15) is 0 Å². The molecule has 0 aromatic carbocycles. The first-order chi connectivity index (χ1) is 5.77. The van der Waals surface area contributed by atoms with Crippen LogP contribution in [0.1, 0.15) is 26.2 Å². The molecule has 66 valence electrons. The van der Waals surface area contributed by atoms with E-state index in [0.717, 1.165) is 13.0 Å². The fourth-order valence-electron chi connectivity index (χ4n) is 2.06. The van der Waals surface area contributed by atoms with Crippen LogP contribution in [0, 0.1) is 17.8 Å². The molecular weight excluding hydrogens is 150 g/mol. The van der Waals surface area contributed by atoms with Crippen LogP contribution in [0.2, 0.25) is 0 Å². The van der Waals surface area contributed by atoms with Crippen LogP contribution in [0.4, 0.5) is 0 Å². The number of piperidine rings is 1. The maximum atomic E-state index is 9.44. The second-order valence-corrected chi connectivity index (χ2v) is 3.87. The zero-order chi connectivity index (χ0) is 8.60. The van der Waals surface area contributed by atoms with Crippen molar-refractivity contribution in [3.63, 3.8) is 0 Å². The molecule has 0 aromatic rings. The number of hydrogen-bond acceptors (Lipinski definition) is 2. The van der Waals surface area contributed by atoms with Crippen LogP contribution in [-0.2, 0) is 0 Å². The minimum Gasteiger partial charge on any atom is -0.392 e. The highest BCUT2D eigenvalue weighted by atomic mass is 16.3. The van der Waals surface area contributed by atoms with E-state index in [-0.39, 0.29) is 6.10 Å². The summed E-state index contributed by atoms with van der Waals surface area (Å²) in [6.45, 7) is 2.62. The van der Waals surface area contributed by atoms with Crippen LogP contribution in [0.15, 0.2) is 0 Å². The molecule has 1 spiro atoms. The number of aliphatic hydroxyl groups excluding tert-OH is 1. The van der Waals surface area contributed by atoms with Gasteiger partial charge in [-0.3, -0.25) is 0 Å². The van der Waals surface area contributed by atoms with Crippen molar-refractivity contribution in [2.45, 2.75) is 37.8 Å². The largest absolute Gasteiger partial charge is 0.392 e. The monoisotopic (exact) mass is 165 g/mol. The topological polar surface area (TPSA) is 32.3 Å². The Bertz CT molecular complexity index is 234. The van der Waals surface area contributed by atoms with Crippen molar-refractivity contribution in [3.05, 3.63) is 0 Å². The van der Waals surface area contributed by atoms with Gasteiger partial charge in [-0.25, -0.2) is 0 Å². The number of aliphatic hydroxyl groups is 1. The molecule has 12 heavy (non-hydrogen) atoms. The summed E-state index contributed by atoms with van der Waals surface area (Å²) in [5, 5.41) is 12.8. The van der Waals surface area contributed by atoms with Crippen LogP contribution in [0.5, 0.6) is 0 Å². The van der Waals surface area contributed by atoms with Crippen molar-refractivity contribution < 1.29 is 5.11 Å². The van der Waals surface area contributed by atoms with Gasteiger partial charge in [-0.05, 0) is 26.2 Å². The van der Waals surface area contributed by atoms with Gasteiger partial charge in [0.15, 0.2) is 0 Å². The van der Waals surface area contributed by atoms with Gasteiger partial charge in [-0.1, -0.05) is 5.92 Å². The lowest BCUT2D eigenvalue weighted by atomic mass is 9.87. The molecule has 1 saturated heterocycles. The van der Waals surface area contributed by atoms with E-state index in [0.29, 0.717) is 11.5 Å². The SMILES string of the molecule is CC#CC1CC(O)CNC12CC2. The molecule has 1 saturated carbocycles. The Morgan fingerprint density at radius 2 is 2.25 bits per heavy atom. The summed E-state index contributed by atoms with van der Waals surface area (Å²) in [6, 6.07) is 0. The maximum absolute atomic E-state index is 9.44. The highest BCUT2D eigenvalue weighted by Crippen LogP contribution is 2.45. The van der Waals surface area contributed by atoms with Crippen LogP contribution < -0.4 is 5.32 Å². The minimum atomic E-state index is -0.193. The predicted octanol–water partition coefficient (Wildman–Crippen LogP) is 0.513. The lowest BCUT2D eigenvalue weighted by Crippen LogP contribution is -2.49. The van der Waals surface area contributed by atoms with E-state index in [1.807, 2.05) is 6.92 Å². The summed E-state index contributed by atoms with van der Waals surface area (Å²) in [7, 11) is 0. The molecular formula is C10H15NO. The molecule has 2 aliphatic rings. The third-order valence-electron chi connectivity index (χ3n) is 2.97. The average molecular weight is 165 g/mol. The van der Waals surface area contributed by atoms with Crippen molar-refractivity contribution in [2.75, 3.05) is 6.54 Å². The number of nitrogens with one attached hydrogen (secondary N) is 1. The molecule has 1 aliphatic carbocycles. The lowest BCUT2D eigenvalue weighted by molar-refractivity contribution is 0.101. The first-order valence-corrected chi connectivity index (χ1v) is 4.62. The van der Waals surface area contributed by atoms with E-state index in [1.165, 1.54) is 12.8 Å². The second-order valence-electron chi connectivity index (χ2n) is 3.87. The van der Waals surface area contributed by atoms with Gasteiger partial charge < -0.3 is 10.4 Å². The fourth-order valence-corrected chi connectivity index (χ4v) is 2.06. The molecule has 2 fully saturated rings. The molecule has 2 nitrogen and oxygen atoms in total. The summed E-state index contributed by atoms with van der Waals surface area (Å²) < 4.78 is 0. The van der Waals surface area contributed by atoms with E-state index in [2.05, 4.69) is 17.2 Å². The van der Waals surface area contributed by atoms with Gasteiger partial charge in [0.2, 0.25) is 0 Å². The van der Waals surface area contributed by atoms with Gasteiger partial charge in [0.05, 0.1) is 6.10 Å². The molecule has 0 aromatic heterocycles. The van der Waals surface area contributed by atoms with Crippen LogP contribution in [0.25, 0.3) is 0 Å². The maximum Gasteiger partial charge on any atom is 0.0677 e. The number of β-amino-alcohol motifs (C(OH)–C–C–N with tert-alkyl or cyclic N) is 1. The normalized spacial score (nSPS) is 37.2. The fraction of sp³-hybridized carbons (Fsp3) is 0.800. The Labute approximate surface area is 73.4 Å². The molecule has 0 amide bonds. The Kier molecular flexibility index (Phi) is 1.86. The molecule has 0 bridgehead atoms. The average Bonchev–Trinajstić information content (AvgIpc) is 2.80. The summed E-state index contributed by atoms with van der Waals surface area (Å²) in [5.74, 6) is 6.53. The summed E-state index contributed by atoms with van der Waals surface area (Å²) in [6.07, 6.45) is 3.13. The number of hydrogen-bond donors (Lipinski definition) is 2. The summed E-state index contributed by atoms with van der Waals surface area (Å²) >= 11 is 0. The van der Waals surface area contributed by atoms with Crippen LogP contribution in [0.3, 0.4) is 0 Å². The van der Waals surface area contributed by atoms with E-state index < -0.39 is 0 Å². The van der Waals surface area contributed by atoms with Gasteiger partial charge in [-0.15, -0.1) is 5.92 Å². The number of rotatable bonds is 0. The highest BCUT2D eigenvalue weighted by molar-refractivity contribution is 5.20. The van der Waals surface area contributed by atoms with Crippen molar-refractivity contribution in [2.24, 2.45) is 5.92 Å². The van der Waals surface area contributed by atoms with Gasteiger partial charge in [-0.2, -0.15) is 0 Å². The van der Waals surface area contributed by atoms with Crippen molar-refractivity contribution >= 4 is 0 Å². The third-order valence-corrected chi connectivity index (χ3v) is 2.97. The standard InChI is InChI=1S/C10H15NO/c1-2-3-8-6-9(12)7-11-10(8)4-5-10/h8-9,11-12H,4-7H2,1H3. The van der Waals surface area contributed by atoms with Gasteiger partial charge >= 0.3 is 0 Å². The van der Waals surface area contributed by atoms with Crippen LogP contribution >= 0.6 is 0 Å². The molecule has 2 unspecified atom stereocenters. The quantitative estimate of drug-likeness (QED) is 0.513. The Morgan fingerprint density at radius 1 is 1.50 bits per heavy atom. The zero-order valence-corrected chi connectivity index (χ0v) is 7.43. The Balaban J connectivity index is 2.09. The third kappa shape index (κ3) is 1.24. The molecule has 2 atom stereocenters. The molecule has 2 N–H and O–H groups in total. The van der Waals surface area contributed by atoms with Crippen molar-refractivity contribution in [1.29, 1.82) is 0 Å². The first kappa shape index (κ1) is 8.10. The predicted molar refractivity (Wildman–Crippen MR) is 47.5 cm³/mol. The summed E-state index contributed by atoms with van der Waals surface area (Å²) in [4.78, 5) is 0. The second kappa shape index (κ2) is 2.76. The van der Waals surface area contributed by atoms with Crippen molar-refractivity contribution in [1.82, 2.24) is 5.32 Å². The van der Waals surface area contributed by atoms with Crippen molar-refractivity contribution in [3.8, 4) is 11.8 Å². The van der Waals surface area contributed by atoms with E-state index in [1.54, 1.807) is 0 Å². The molecule has 0 radical (unpaired) electrons. The van der Waals surface area contributed by atoms with E-state index in [4.69, 9.17) is 0 Å². The Morgan fingerprint density at radius 3 is 2.83 bits per heavy atom. The van der Waals surface area contributed by atoms with Crippen LogP contribution in [-0.4, -0.2) is 23.3 Å². The molecule has 1 heterocycles. The lowest BCUT2D eigenvalue weighted by Gasteiger charge is -2.32. The first-order valence-electron chi connectivity index (χ1n) is 4.62. The van der Waals surface area contributed by atoms with E-state index >= 15 is 0 Å². The minimum absolute atomic E-state index is 0.193. The zero-order valence-electron chi connectivity index (χ0n) is 7.43. The van der Waals surface area contributed by atoms with Gasteiger partial charge in [0, 0.05) is 18.0 Å². The smallest absolute Gasteiger partial charge is 0.0677 e. The molecule has 1 aliphatic heterocycles. The summed E-state index contributed by atoms with van der Waals surface area (Å²) in [5.41, 5.74) is 0.294. The molecule has 2 rings (SSSR count).